The number of hydrogen-bond donors (Lipinski definition) is 0. The lowest BCUT2D eigenvalue weighted by Crippen LogP contribution is -2.66. The van der Waals surface area contributed by atoms with Gasteiger partial charge in [-0.05, 0) is 37.7 Å². The second-order valence-corrected chi connectivity index (χ2v) is 7.91. The number of halogens is 3. The topological polar surface area (TPSA) is 36.7 Å². The SMILES string of the molecule is CSN(C(F)F)C1CC2(C1)CN(c1ncnn3c(Cl)cc(C)c13)C2. The summed E-state index contributed by atoms with van der Waals surface area (Å²) >= 11 is 7.32. The third kappa shape index (κ3) is 2.38. The zero-order valence-electron chi connectivity index (χ0n) is 13.4. The minimum Gasteiger partial charge on any atom is -0.354 e. The van der Waals surface area contributed by atoms with Gasteiger partial charge in [0.15, 0.2) is 5.82 Å². The van der Waals surface area contributed by atoms with Crippen LogP contribution in [0.25, 0.3) is 5.52 Å². The molecule has 5 nitrogen and oxygen atoms in total. The summed E-state index contributed by atoms with van der Waals surface area (Å²) in [4.78, 5) is 6.62. The summed E-state index contributed by atoms with van der Waals surface area (Å²) in [6, 6.07) is 1.85. The Balaban J connectivity index is 1.48. The Morgan fingerprint density at radius 3 is 2.75 bits per heavy atom. The van der Waals surface area contributed by atoms with E-state index in [9.17, 15) is 8.78 Å². The quantitative estimate of drug-likeness (QED) is 0.606. The summed E-state index contributed by atoms with van der Waals surface area (Å²) in [6.45, 7) is 1.29. The Morgan fingerprint density at radius 1 is 1.42 bits per heavy atom. The van der Waals surface area contributed by atoms with Gasteiger partial charge in [-0.25, -0.2) is 9.50 Å². The molecule has 0 unspecified atom stereocenters. The highest BCUT2D eigenvalue weighted by atomic mass is 35.5. The molecule has 0 N–H and O–H groups in total. The first-order valence-corrected chi connectivity index (χ1v) is 9.34. The third-order valence-corrected chi connectivity index (χ3v) is 6.28. The molecule has 9 heteroatoms. The second-order valence-electron chi connectivity index (χ2n) is 6.73. The number of hydrogen-bond acceptors (Lipinski definition) is 5. The number of nitrogens with zero attached hydrogens (tertiary/aromatic N) is 5. The first-order valence-electron chi connectivity index (χ1n) is 7.78. The molecule has 0 amide bonds. The summed E-state index contributed by atoms with van der Waals surface area (Å²) in [5, 5.41) is 4.76. The van der Waals surface area contributed by atoms with Crippen molar-refractivity contribution in [3.63, 3.8) is 0 Å². The molecule has 2 aromatic rings. The van der Waals surface area contributed by atoms with Crippen LogP contribution in [0.1, 0.15) is 18.4 Å². The predicted molar refractivity (Wildman–Crippen MR) is 91.8 cm³/mol. The van der Waals surface area contributed by atoms with Gasteiger partial charge < -0.3 is 4.90 Å². The Hall–Kier alpha value is -1.12. The lowest BCUT2D eigenvalue weighted by molar-refractivity contribution is -0.0601. The van der Waals surface area contributed by atoms with Crippen molar-refractivity contribution in [3.05, 3.63) is 23.1 Å². The van der Waals surface area contributed by atoms with Crippen LogP contribution < -0.4 is 4.90 Å². The molecule has 24 heavy (non-hydrogen) atoms. The summed E-state index contributed by atoms with van der Waals surface area (Å²) in [6.07, 6.45) is 4.85. The van der Waals surface area contributed by atoms with Gasteiger partial charge in [-0.3, -0.25) is 0 Å². The number of rotatable bonds is 4. The zero-order chi connectivity index (χ0) is 17.1. The molecule has 0 radical (unpaired) electrons. The molecule has 2 aromatic heterocycles. The van der Waals surface area contributed by atoms with E-state index in [0.717, 1.165) is 54.8 Å². The first kappa shape index (κ1) is 16.4. The van der Waals surface area contributed by atoms with Crippen LogP contribution in [0.3, 0.4) is 0 Å². The Labute approximate surface area is 148 Å². The highest BCUT2D eigenvalue weighted by molar-refractivity contribution is 7.96. The molecule has 3 heterocycles. The number of anilines is 1. The van der Waals surface area contributed by atoms with Gasteiger partial charge in [0.1, 0.15) is 17.0 Å². The standard InChI is InChI=1S/C15H18ClF2N5S/c1-9-3-11(16)22-12(9)13(19-8-20-22)21-6-15(7-21)4-10(5-15)23(24-2)14(17)18/h3,8,10,14H,4-7H2,1-2H3. The highest BCUT2D eigenvalue weighted by Crippen LogP contribution is 2.53. The van der Waals surface area contributed by atoms with Gasteiger partial charge in [0, 0.05) is 24.5 Å². The van der Waals surface area contributed by atoms with Crippen molar-refractivity contribution in [2.75, 3.05) is 24.2 Å². The van der Waals surface area contributed by atoms with Crippen molar-refractivity contribution in [1.29, 1.82) is 0 Å². The van der Waals surface area contributed by atoms with Crippen molar-refractivity contribution in [3.8, 4) is 0 Å². The molecule has 2 fully saturated rings. The molecule has 1 saturated carbocycles. The maximum absolute atomic E-state index is 13.0. The fourth-order valence-electron chi connectivity index (χ4n) is 4.07. The van der Waals surface area contributed by atoms with Gasteiger partial charge in [-0.15, -0.1) is 0 Å². The van der Waals surface area contributed by atoms with E-state index in [4.69, 9.17) is 11.6 Å². The molecule has 130 valence electrons. The van der Waals surface area contributed by atoms with E-state index >= 15 is 0 Å². The van der Waals surface area contributed by atoms with Crippen LogP contribution in [0.5, 0.6) is 0 Å². The van der Waals surface area contributed by atoms with Crippen LogP contribution in [-0.4, -0.2) is 50.8 Å². The molecule has 1 aliphatic carbocycles. The molecule has 0 bridgehead atoms. The molecule has 2 aliphatic rings. The third-order valence-electron chi connectivity index (χ3n) is 5.13. The van der Waals surface area contributed by atoms with Crippen LogP contribution in [0.2, 0.25) is 5.15 Å². The van der Waals surface area contributed by atoms with Crippen molar-refractivity contribution in [2.45, 2.75) is 32.4 Å². The van der Waals surface area contributed by atoms with Crippen molar-refractivity contribution < 1.29 is 8.78 Å². The summed E-state index contributed by atoms with van der Waals surface area (Å²) < 4.78 is 28.9. The van der Waals surface area contributed by atoms with E-state index < -0.39 is 6.55 Å². The molecule has 0 atom stereocenters. The number of fused-ring (bicyclic) bond motifs is 1. The second kappa shape index (κ2) is 5.71. The van der Waals surface area contributed by atoms with E-state index in [1.54, 1.807) is 10.8 Å². The van der Waals surface area contributed by atoms with Crippen molar-refractivity contribution in [1.82, 2.24) is 18.9 Å². The van der Waals surface area contributed by atoms with Crippen molar-refractivity contribution >= 4 is 34.9 Å². The first-order chi connectivity index (χ1) is 11.4. The number of aryl methyl sites for hydroxylation is 1. The monoisotopic (exact) mass is 373 g/mol. The van der Waals surface area contributed by atoms with E-state index in [2.05, 4.69) is 15.0 Å². The largest absolute Gasteiger partial charge is 0.354 e. The van der Waals surface area contributed by atoms with E-state index in [1.807, 2.05) is 13.0 Å². The van der Waals surface area contributed by atoms with Gasteiger partial charge in [0.2, 0.25) is 0 Å². The van der Waals surface area contributed by atoms with Gasteiger partial charge in [0.05, 0.1) is 0 Å². The average Bonchev–Trinajstić information content (AvgIpc) is 2.75. The molecule has 1 spiro atoms. The number of aromatic nitrogens is 3. The Kier molecular flexibility index (Phi) is 3.89. The Bertz CT molecular complexity index is 769. The van der Waals surface area contributed by atoms with Crippen LogP contribution in [0, 0.1) is 12.3 Å². The van der Waals surface area contributed by atoms with Gasteiger partial charge >= 0.3 is 6.55 Å². The van der Waals surface area contributed by atoms with Crippen LogP contribution in [0.15, 0.2) is 12.4 Å². The van der Waals surface area contributed by atoms with Crippen molar-refractivity contribution in [2.24, 2.45) is 5.41 Å². The zero-order valence-corrected chi connectivity index (χ0v) is 15.0. The Morgan fingerprint density at radius 2 is 2.12 bits per heavy atom. The van der Waals surface area contributed by atoms with Crippen LogP contribution in [0.4, 0.5) is 14.6 Å². The highest BCUT2D eigenvalue weighted by Gasteiger charge is 2.55. The minimum atomic E-state index is -2.40. The molecular weight excluding hydrogens is 356 g/mol. The molecular formula is C15H18ClF2N5S. The van der Waals surface area contributed by atoms with Gasteiger partial charge in [-0.1, -0.05) is 23.5 Å². The van der Waals surface area contributed by atoms with Gasteiger partial charge in [-0.2, -0.15) is 18.2 Å². The van der Waals surface area contributed by atoms with E-state index in [-0.39, 0.29) is 11.5 Å². The summed E-state index contributed by atoms with van der Waals surface area (Å²) in [5.41, 5.74) is 2.11. The molecule has 0 aromatic carbocycles. The average molecular weight is 374 g/mol. The smallest absolute Gasteiger partial charge is 0.303 e. The van der Waals surface area contributed by atoms with E-state index in [1.165, 1.54) is 10.6 Å². The lowest BCUT2D eigenvalue weighted by atomic mass is 9.60. The summed E-state index contributed by atoms with van der Waals surface area (Å²) in [7, 11) is 0. The normalized spacial score (nSPS) is 20.2. The molecule has 1 saturated heterocycles. The molecule has 1 aliphatic heterocycles. The predicted octanol–water partition coefficient (Wildman–Crippen LogP) is 3.46. The van der Waals surface area contributed by atoms with Crippen LogP contribution in [-0.2, 0) is 0 Å². The fraction of sp³-hybridized carbons (Fsp3) is 0.600. The van der Waals surface area contributed by atoms with E-state index in [0.29, 0.717) is 5.15 Å². The summed E-state index contributed by atoms with van der Waals surface area (Å²) in [5.74, 6) is 0.874. The fourth-order valence-corrected chi connectivity index (χ4v) is 4.97. The number of alkyl halides is 2. The molecule has 4 rings (SSSR count). The lowest BCUT2D eigenvalue weighted by Gasteiger charge is -2.60. The van der Waals surface area contributed by atoms with Gasteiger partial charge in [0.25, 0.3) is 0 Å². The minimum absolute atomic E-state index is 0.0305. The van der Waals surface area contributed by atoms with Crippen LogP contribution >= 0.6 is 23.5 Å². The maximum atomic E-state index is 13.0. The maximum Gasteiger partial charge on any atom is 0.303 e.